The predicted molar refractivity (Wildman–Crippen MR) is 105 cm³/mol. The van der Waals surface area contributed by atoms with Gasteiger partial charge < -0.3 is 19.5 Å². The lowest BCUT2D eigenvalue weighted by Crippen LogP contribution is -2.41. The van der Waals surface area contributed by atoms with E-state index in [4.69, 9.17) is 16.3 Å². The highest BCUT2D eigenvalue weighted by molar-refractivity contribution is 6.30. The number of aliphatic imine (C=N–C) groups is 1. The molecule has 142 valence electrons. The van der Waals surface area contributed by atoms with Gasteiger partial charge in [-0.25, -0.2) is 0 Å². The fourth-order valence-corrected chi connectivity index (χ4v) is 2.54. The molecule has 1 heterocycles. The Balaban J connectivity index is 1.83. The van der Waals surface area contributed by atoms with Crippen LogP contribution >= 0.6 is 11.6 Å². The summed E-state index contributed by atoms with van der Waals surface area (Å²) >= 11 is 5.88. The molecule has 0 aliphatic heterocycles. The highest BCUT2D eigenvalue weighted by Gasteiger charge is 2.06. The van der Waals surface area contributed by atoms with Crippen molar-refractivity contribution in [2.24, 2.45) is 4.99 Å². The molecule has 0 aliphatic carbocycles. The number of aryl methyl sites for hydroxylation is 1. The van der Waals surface area contributed by atoms with E-state index < -0.39 is 0 Å². The summed E-state index contributed by atoms with van der Waals surface area (Å²) in [7, 11) is 2.00. The van der Waals surface area contributed by atoms with Crippen molar-refractivity contribution >= 4 is 17.6 Å². The molecule has 2 rings (SSSR count). The first-order valence-electron chi connectivity index (χ1n) is 8.88. The summed E-state index contributed by atoms with van der Waals surface area (Å²) in [5, 5.41) is 12.1. The molecule has 0 atom stereocenters. The number of rotatable bonds is 9. The molecule has 1 aromatic heterocycles. The van der Waals surface area contributed by atoms with Crippen LogP contribution in [0, 0.1) is 0 Å². The summed E-state index contributed by atoms with van der Waals surface area (Å²) in [6, 6.07) is 7.38. The summed E-state index contributed by atoms with van der Waals surface area (Å²) in [5.74, 6) is 2.65. The minimum atomic E-state index is 0.563. The lowest BCUT2D eigenvalue weighted by molar-refractivity contribution is 0.281. The molecule has 8 heteroatoms. The number of likely N-dealkylation sites (N-methyl/N-ethyl adjacent to an activating group) is 1. The van der Waals surface area contributed by atoms with E-state index in [9.17, 15) is 0 Å². The van der Waals surface area contributed by atoms with E-state index >= 15 is 0 Å². The molecule has 0 bridgehead atoms. The Morgan fingerprint density at radius 3 is 2.77 bits per heavy atom. The van der Waals surface area contributed by atoms with Crippen molar-refractivity contribution in [3.8, 4) is 5.75 Å². The van der Waals surface area contributed by atoms with Gasteiger partial charge >= 0.3 is 0 Å². The molecule has 0 radical (unpaired) electrons. The van der Waals surface area contributed by atoms with Crippen molar-refractivity contribution < 1.29 is 4.74 Å². The first kappa shape index (κ1) is 20.0. The zero-order valence-corrected chi connectivity index (χ0v) is 16.4. The van der Waals surface area contributed by atoms with Crippen molar-refractivity contribution in [3.05, 3.63) is 41.4 Å². The maximum atomic E-state index is 5.88. The molecule has 0 saturated heterocycles. The van der Waals surface area contributed by atoms with E-state index in [1.165, 1.54) is 0 Å². The summed E-state index contributed by atoms with van der Waals surface area (Å²) in [6.45, 7) is 7.66. The molecule has 0 unspecified atom stereocenters. The van der Waals surface area contributed by atoms with E-state index in [2.05, 4.69) is 39.3 Å². The van der Waals surface area contributed by atoms with Gasteiger partial charge in [0.05, 0.1) is 13.1 Å². The Morgan fingerprint density at radius 1 is 1.31 bits per heavy atom. The monoisotopic (exact) mass is 378 g/mol. The van der Waals surface area contributed by atoms with Crippen LogP contribution in [0.1, 0.15) is 19.7 Å². The second-order valence-electron chi connectivity index (χ2n) is 5.75. The lowest BCUT2D eigenvalue weighted by atomic mass is 10.3. The molecule has 26 heavy (non-hydrogen) atoms. The molecule has 0 amide bonds. The summed E-state index contributed by atoms with van der Waals surface area (Å²) in [5.41, 5.74) is 0. The second kappa shape index (κ2) is 10.7. The molecule has 1 aromatic carbocycles. The fraction of sp³-hybridized carbons (Fsp3) is 0.500. The van der Waals surface area contributed by atoms with E-state index in [-0.39, 0.29) is 0 Å². The highest BCUT2D eigenvalue weighted by Crippen LogP contribution is 2.15. The van der Waals surface area contributed by atoms with Gasteiger partial charge in [0.25, 0.3) is 0 Å². The molecule has 0 aliphatic rings. The van der Waals surface area contributed by atoms with Crippen LogP contribution in [0.15, 0.2) is 35.6 Å². The minimum absolute atomic E-state index is 0.563. The van der Waals surface area contributed by atoms with Crippen LogP contribution in [0.5, 0.6) is 5.75 Å². The number of hydrogen-bond acceptors (Lipinski definition) is 4. The van der Waals surface area contributed by atoms with Crippen molar-refractivity contribution in [3.63, 3.8) is 0 Å². The Labute approximate surface area is 160 Å². The van der Waals surface area contributed by atoms with Crippen LogP contribution in [0.4, 0.5) is 0 Å². The predicted octanol–water partition coefficient (Wildman–Crippen LogP) is 2.47. The smallest absolute Gasteiger partial charge is 0.193 e. The second-order valence-corrected chi connectivity index (χ2v) is 6.19. The molecule has 2 aromatic rings. The highest BCUT2D eigenvalue weighted by atomic mass is 35.5. The maximum Gasteiger partial charge on any atom is 0.193 e. The van der Waals surface area contributed by atoms with Crippen LogP contribution < -0.4 is 10.1 Å². The summed E-state index contributed by atoms with van der Waals surface area (Å²) < 4.78 is 7.79. The van der Waals surface area contributed by atoms with Gasteiger partial charge in [-0.1, -0.05) is 18.5 Å². The van der Waals surface area contributed by atoms with Gasteiger partial charge in [0.15, 0.2) is 5.96 Å². The zero-order valence-electron chi connectivity index (χ0n) is 15.7. The number of nitrogens with zero attached hydrogens (tertiary/aromatic N) is 5. The average Bonchev–Trinajstić information content (AvgIpc) is 3.10. The Hall–Kier alpha value is -2.28. The maximum absolute atomic E-state index is 5.88. The van der Waals surface area contributed by atoms with E-state index in [0.717, 1.165) is 43.6 Å². The van der Waals surface area contributed by atoms with Gasteiger partial charge in [0, 0.05) is 31.6 Å². The van der Waals surface area contributed by atoms with Crippen molar-refractivity contribution in [1.82, 2.24) is 25.0 Å². The number of benzene rings is 1. The van der Waals surface area contributed by atoms with Crippen LogP contribution in [-0.4, -0.2) is 58.9 Å². The van der Waals surface area contributed by atoms with Crippen LogP contribution in [-0.2, 0) is 13.0 Å². The normalized spacial score (nSPS) is 11.5. The van der Waals surface area contributed by atoms with Crippen molar-refractivity contribution in [2.45, 2.75) is 26.8 Å². The van der Waals surface area contributed by atoms with E-state index in [0.29, 0.717) is 18.2 Å². The fourth-order valence-electron chi connectivity index (χ4n) is 2.41. The third-order valence-electron chi connectivity index (χ3n) is 3.82. The third kappa shape index (κ3) is 6.22. The number of aromatic nitrogens is 3. The number of ether oxygens (including phenoxy) is 1. The van der Waals surface area contributed by atoms with Gasteiger partial charge in [-0.2, -0.15) is 0 Å². The Morgan fingerprint density at radius 2 is 2.08 bits per heavy atom. The minimum Gasteiger partial charge on any atom is -0.492 e. The summed E-state index contributed by atoms with van der Waals surface area (Å²) in [4.78, 5) is 6.74. The number of halogens is 1. The van der Waals surface area contributed by atoms with Crippen molar-refractivity contribution in [2.75, 3.05) is 33.3 Å². The molecule has 1 N–H and O–H groups in total. The average molecular weight is 379 g/mol. The number of hydrogen-bond donors (Lipinski definition) is 1. The molecule has 0 spiro atoms. The van der Waals surface area contributed by atoms with E-state index in [1.807, 2.05) is 35.9 Å². The van der Waals surface area contributed by atoms with Crippen LogP contribution in [0.2, 0.25) is 5.02 Å². The van der Waals surface area contributed by atoms with Gasteiger partial charge in [-0.05, 0) is 31.2 Å². The van der Waals surface area contributed by atoms with Gasteiger partial charge in [-0.15, -0.1) is 10.2 Å². The molecular weight excluding hydrogens is 352 g/mol. The molecule has 0 fully saturated rings. The quantitative estimate of drug-likeness (QED) is 0.536. The molecule has 7 nitrogen and oxygen atoms in total. The van der Waals surface area contributed by atoms with Gasteiger partial charge in [0.2, 0.25) is 0 Å². The lowest BCUT2D eigenvalue weighted by Gasteiger charge is -2.22. The zero-order chi connectivity index (χ0) is 18.8. The molecular formula is C18H27ClN6O. The SMILES string of the molecule is CCNC(=NCCn1cnnc1CC)N(C)CCOc1ccc(Cl)cc1. The standard InChI is InChI=1S/C18H27ClN6O/c1-4-17-23-22-14-25(17)11-10-21-18(20-5-2)24(3)12-13-26-16-8-6-15(19)7-9-16/h6-9,14H,4-5,10-13H2,1-3H3,(H,20,21). The van der Waals surface area contributed by atoms with Gasteiger partial charge in [0.1, 0.15) is 24.5 Å². The van der Waals surface area contributed by atoms with Gasteiger partial charge in [-0.3, -0.25) is 4.99 Å². The Bertz CT molecular complexity index is 685. The summed E-state index contributed by atoms with van der Waals surface area (Å²) in [6.07, 6.45) is 2.62. The topological polar surface area (TPSA) is 67.6 Å². The first-order valence-corrected chi connectivity index (χ1v) is 9.26. The van der Waals surface area contributed by atoms with E-state index in [1.54, 1.807) is 6.33 Å². The number of guanidine groups is 1. The third-order valence-corrected chi connectivity index (χ3v) is 4.07. The Kier molecular flexibility index (Phi) is 8.21. The molecule has 0 saturated carbocycles. The first-order chi connectivity index (χ1) is 12.6. The van der Waals surface area contributed by atoms with Crippen LogP contribution in [0.3, 0.4) is 0 Å². The van der Waals surface area contributed by atoms with Crippen molar-refractivity contribution in [1.29, 1.82) is 0 Å². The number of nitrogens with one attached hydrogen (secondary N) is 1. The largest absolute Gasteiger partial charge is 0.492 e. The van der Waals surface area contributed by atoms with Crippen LogP contribution in [0.25, 0.3) is 0 Å².